The quantitative estimate of drug-likeness (QED) is 0.490. The largest absolute Gasteiger partial charge is 0.491 e. The van der Waals surface area contributed by atoms with E-state index in [0.29, 0.717) is 6.42 Å². The lowest BCUT2D eigenvalue weighted by Gasteiger charge is -2.34. The van der Waals surface area contributed by atoms with Gasteiger partial charge in [0.1, 0.15) is 0 Å². The number of hydrogen-bond donors (Lipinski definition) is 0. The fraction of sp³-hybridized carbons (Fsp3) is 0.714. The highest BCUT2D eigenvalue weighted by Gasteiger charge is 2.65. The number of rotatable bonds is 5. The lowest BCUT2D eigenvalue weighted by molar-refractivity contribution is -0.163. The van der Waals surface area contributed by atoms with Crippen molar-refractivity contribution in [3.63, 3.8) is 0 Å². The molecule has 28 heavy (non-hydrogen) atoms. The number of halogens is 6. The normalized spacial score (nSPS) is 34.7. The third-order valence-electron chi connectivity index (χ3n) is 6.43. The highest BCUT2D eigenvalue weighted by Crippen LogP contribution is 2.59. The van der Waals surface area contributed by atoms with Crippen LogP contribution < -0.4 is 4.74 Å². The van der Waals surface area contributed by atoms with Crippen LogP contribution in [0, 0.1) is 23.5 Å². The van der Waals surface area contributed by atoms with Crippen LogP contribution in [0.3, 0.4) is 0 Å². The minimum absolute atomic E-state index is 0.0240. The van der Waals surface area contributed by atoms with Gasteiger partial charge in [0.2, 0.25) is 5.82 Å². The zero-order valence-electron chi connectivity index (χ0n) is 16.1. The first kappa shape index (κ1) is 21.3. The first-order valence-corrected chi connectivity index (χ1v) is 9.98. The molecule has 3 rings (SSSR count). The molecule has 0 N–H and O–H groups in total. The zero-order chi connectivity index (χ0) is 20.7. The molecule has 0 amide bonds. The average molecular weight is 408 g/mol. The summed E-state index contributed by atoms with van der Waals surface area (Å²) >= 11 is 0. The fourth-order valence-electron chi connectivity index (χ4n) is 5.01. The Kier molecular flexibility index (Phi) is 5.93. The van der Waals surface area contributed by atoms with Gasteiger partial charge in [-0.25, -0.2) is 22.0 Å². The molecule has 2 saturated carbocycles. The molecule has 0 radical (unpaired) electrons. The van der Waals surface area contributed by atoms with Gasteiger partial charge in [-0.05, 0) is 62.5 Å². The van der Waals surface area contributed by atoms with Crippen molar-refractivity contribution < 1.29 is 31.1 Å². The van der Waals surface area contributed by atoms with Crippen molar-refractivity contribution in [2.45, 2.75) is 76.1 Å². The van der Waals surface area contributed by atoms with E-state index in [-0.39, 0.29) is 43.6 Å². The molecule has 0 aliphatic heterocycles. The summed E-state index contributed by atoms with van der Waals surface area (Å²) in [7, 11) is 0. The Morgan fingerprint density at radius 1 is 1.07 bits per heavy atom. The Hall–Kier alpha value is -1.40. The molecule has 1 nitrogen and oxygen atoms in total. The second-order valence-electron chi connectivity index (χ2n) is 8.07. The topological polar surface area (TPSA) is 9.23 Å². The Morgan fingerprint density at radius 3 is 2.43 bits per heavy atom. The smallest absolute Gasteiger partial charge is 0.284 e. The van der Waals surface area contributed by atoms with E-state index >= 15 is 4.39 Å². The van der Waals surface area contributed by atoms with Crippen molar-refractivity contribution >= 4 is 0 Å². The molecule has 2 aliphatic rings. The van der Waals surface area contributed by atoms with E-state index in [2.05, 4.69) is 0 Å². The summed E-state index contributed by atoms with van der Waals surface area (Å²) in [5.74, 6) is -9.37. The molecule has 0 saturated heterocycles. The van der Waals surface area contributed by atoms with Gasteiger partial charge in [0.25, 0.3) is 5.92 Å². The van der Waals surface area contributed by atoms with Crippen molar-refractivity contribution in [3.8, 4) is 5.75 Å². The monoisotopic (exact) mass is 408 g/mol. The molecule has 5 atom stereocenters. The average Bonchev–Trinajstić information content (AvgIpc) is 2.96. The van der Waals surface area contributed by atoms with Crippen LogP contribution in [0.25, 0.3) is 0 Å². The van der Waals surface area contributed by atoms with Crippen molar-refractivity contribution in [1.29, 1.82) is 0 Å². The Balaban J connectivity index is 1.89. The van der Waals surface area contributed by atoms with Crippen LogP contribution in [-0.4, -0.2) is 24.4 Å². The van der Waals surface area contributed by atoms with E-state index in [9.17, 15) is 22.0 Å². The Labute approximate surface area is 161 Å². The van der Waals surface area contributed by atoms with Gasteiger partial charge in [-0.15, -0.1) is 0 Å². The van der Waals surface area contributed by atoms with Crippen LogP contribution >= 0.6 is 0 Å². The van der Waals surface area contributed by atoms with Crippen LogP contribution in [0.1, 0.15) is 63.9 Å². The molecule has 7 heteroatoms. The summed E-state index contributed by atoms with van der Waals surface area (Å²) in [6.45, 7) is 3.50. The van der Waals surface area contributed by atoms with Crippen molar-refractivity contribution in [2.75, 3.05) is 6.61 Å². The third kappa shape index (κ3) is 3.39. The van der Waals surface area contributed by atoms with E-state index in [4.69, 9.17) is 4.74 Å². The van der Waals surface area contributed by atoms with Gasteiger partial charge in [-0.1, -0.05) is 19.4 Å². The number of alkyl halides is 4. The molecule has 2 aliphatic carbocycles. The Morgan fingerprint density at radius 2 is 1.79 bits per heavy atom. The van der Waals surface area contributed by atoms with Crippen molar-refractivity contribution in [1.82, 2.24) is 0 Å². The molecule has 0 spiro atoms. The first-order chi connectivity index (χ1) is 13.2. The third-order valence-corrected chi connectivity index (χ3v) is 6.43. The number of ether oxygens (including phenoxy) is 1. The lowest BCUT2D eigenvalue weighted by Crippen LogP contribution is -2.50. The summed E-state index contributed by atoms with van der Waals surface area (Å²) in [4.78, 5) is 0. The van der Waals surface area contributed by atoms with Crippen LogP contribution in [0.2, 0.25) is 0 Å². The predicted octanol–water partition coefficient (Wildman–Crippen LogP) is 6.75. The van der Waals surface area contributed by atoms with Gasteiger partial charge < -0.3 is 4.74 Å². The van der Waals surface area contributed by atoms with Crippen LogP contribution in [0.5, 0.6) is 5.75 Å². The van der Waals surface area contributed by atoms with E-state index in [1.54, 1.807) is 13.8 Å². The van der Waals surface area contributed by atoms with Gasteiger partial charge in [0.05, 0.1) is 6.61 Å². The SMILES string of the molecule is CCCC1CCC2CC(c3ccc(OCC)c(F)c3F)CC2(F)C(F)C1(F)F. The van der Waals surface area contributed by atoms with Crippen molar-refractivity contribution in [3.05, 3.63) is 29.3 Å². The predicted molar refractivity (Wildman–Crippen MR) is 94.3 cm³/mol. The molecule has 1 aromatic carbocycles. The number of hydrogen-bond acceptors (Lipinski definition) is 1. The van der Waals surface area contributed by atoms with Gasteiger partial charge in [0.15, 0.2) is 23.4 Å². The zero-order valence-corrected chi connectivity index (χ0v) is 16.1. The summed E-state index contributed by atoms with van der Waals surface area (Å²) in [6.07, 6.45) is -2.73. The molecule has 0 aromatic heterocycles. The van der Waals surface area contributed by atoms with Crippen LogP contribution in [0.4, 0.5) is 26.3 Å². The van der Waals surface area contributed by atoms with Gasteiger partial charge in [-0.2, -0.15) is 4.39 Å². The summed E-state index contributed by atoms with van der Waals surface area (Å²) in [5, 5.41) is 0. The van der Waals surface area contributed by atoms with E-state index < -0.39 is 53.6 Å². The van der Waals surface area contributed by atoms with Gasteiger partial charge in [-0.3, -0.25) is 0 Å². The summed E-state index contributed by atoms with van der Waals surface area (Å²) < 4.78 is 93.4. The lowest BCUT2D eigenvalue weighted by atomic mass is 9.84. The van der Waals surface area contributed by atoms with Crippen LogP contribution in [0.15, 0.2) is 12.1 Å². The second kappa shape index (κ2) is 7.79. The standard InChI is InChI=1S/C21H26F6O/c1-3-5-13-6-7-14-10-12(11-20(14,25)19(24)21(13,26)27)15-8-9-16(28-4-2)18(23)17(15)22/h8-9,12-14,19H,3-7,10-11H2,1-2H3. The van der Waals surface area contributed by atoms with Crippen molar-refractivity contribution in [2.24, 2.45) is 11.8 Å². The maximum Gasteiger partial charge on any atom is 0.284 e. The van der Waals surface area contributed by atoms with Crippen LogP contribution in [-0.2, 0) is 0 Å². The van der Waals surface area contributed by atoms with Gasteiger partial charge in [0, 0.05) is 5.92 Å². The molecule has 2 fully saturated rings. The highest BCUT2D eigenvalue weighted by atomic mass is 19.3. The van der Waals surface area contributed by atoms with E-state index in [1.165, 1.54) is 12.1 Å². The number of benzene rings is 1. The molecule has 0 heterocycles. The number of fused-ring (bicyclic) bond motifs is 1. The van der Waals surface area contributed by atoms with E-state index in [1.807, 2.05) is 0 Å². The molecular weight excluding hydrogens is 382 g/mol. The molecule has 0 bridgehead atoms. The first-order valence-electron chi connectivity index (χ1n) is 9.98. The second-order valence-corrected chi connectivity index (χ2v) is 8.07. The molecule has 158 valence electrons. The summed E-state index contributed by atoms with van der Waals surface area (Å²) in [5.41, 5.74) is -2.84. The minimum atomic E-state index is -3.77. The molecule has 5 unspecified atom stereocenters. The van der Waals surface area contributed by atoms with E-state index in [0.717, 1.165) is 0 Å². The minimum Gasteiger partial charge on any atom is -0.491 e. The van der Waals surface area contributed by atoms with Gasteiger partial charge >= 0.3 is 0 Å². The molecule has 1 aromatic rings. The fourth-order valence-corrected chi connectivity index (χ4v) is 5.01. The molecular formula is C21H26F6O. The highest BCUT2D eigenvalue weighted by molar-refractivity contribution is 5.34. The maximum atomic E-state index is 15.6. The maximum absolute atomic E-state index is 15.6. The Bertz CT molecular complexity index is 708. The summed E-state index contributed by atoms with van der Waals surface area (Å²) in [6, 6.07) is 2.53.